The second kappa shape index (κ2) is 4.22. The normalized spacial score (nSPS) is 12.8. The van der Waals surface area contributed by atoms with Gasteiger partial charge in [-0.15, -0.1) is 0 Å². The van der Waals surface area contributed by atoms with E-state index in [1.807, 2.05) is 6.07 Å². The number of hydrogen-bond donors (Lipinski definition) is 0. The summed E-state index contributed by atoms with van der Waals surface area (Å²) >= 11 is 6.18. The summed E-state index contributed by atoms with van der Waals surface area (Å²) in [6, 6.07) is 19.1. The molecule has 3 aromatic rings. The van der Waals surface area contributed by atoms with Crippen LogP contribution in [0.3, 0.4) is 0 Å². The molecular formula is C19H13Cl. The van der Waals surface area contributed by atoms with Gasteiger partial charge in [-0.25, -0.2) is 0 Å². The molecule has 0 saturated carbocycles. The number of rotatable bonds is 0. The molecule has 0 aromatic heterocycles. The summed E-state index contributed by atoms with van der Waals surface area (Å²) in [5.74, 6) is 0. The Kier molecular flexibility index (Phi) is 2.48. The molecular weight excluding hydrogens is 264 g/mol. The van der Waals surface area contributed by atoms with E-state index >= 15 is 0 Å². The Labute approximate surface area is 123 Å². The summed E-state index contributed by atoms with van der Waals surface area (Å²) in [5, 5.41) is 3.40. The number of benzene rings is 3. The van der Waals surface area contributed by atoms with Gasteiger partial charge in [-0.1, -0.05) is 60.1 Å². The molecule has 4 rings (SSSR count). The van der Waals surface area contributed by atoms with Gasteiger partial charge < -0.3 is 0 Å². The molecule has 0 amide bonds. The lowest BCUT2D eigenvalue weighted by molar-refractivity contribution is 1.57. The van der Waals surface area contributed by atoms with E-state index in [0.29, 0.717) is 0 Å². The molecule has 0 spiro atoms. The van der Waals surface area contributed by atoms with Crippen molar-refractivity contribution >= 4 is 34.0 Å². The molecule has 0 saturated heterocycles. The van der Waals surface area contributed by atoms with Crippen molar-refractivity contribution in [2.75, 3.05) is 0 Å². The molecule has 0 unspecified atom stereocenters. The van der Waals surface area contributed by atoms with Crippen LogP contribution in [0, 0.1) is 0 Å². The van der Waals surface area contributed by atoms with E-state index in [1.54, 1.807) is 0 Å². The summed E-state index contributed by atoms with van der Waals surface area (Å²) in [7, 11) is 0. The van der Waals surface area contributed by atoms with Crippen LogP contribution in [0.5, 0.6) is 0 Å². The van der Waals surface area contributed by atoms with E-state index in [0.717, 1.165) is 5.02 Å². The third-order valence-corrected chi connectivity index (χ3v) is 4.24. The first-order chi connectivity index (χ1) is 9.74. The van der Waals surface area contributed by atoms with Gasteiger partial charge in [0.15, 0.2) is 0 Å². The van der Waals surface area contributed by atoms with Crippen LogP contribution in [0.1, 0.15) is 18.1 Å². The highest BCUT2D eigenvalue weighted by Crippen LogP contribution is 2.40. The Morgan fingerprint density at radius 1 is 0.800 bits per heavy atom. The first kappa shape index (κ1) is 11.7. The van der Waals surface area contributed by atoms with E-state index in [9.17, 15) is 0 Å². The van der Waals surface area contributed by atoms with Gasteiger partial charge >= 0.3 is 0 Å². The molecule has 3 aromatic carbocycles. The summed E-state index contributed by atoms with van der Waals surface area (Å²) in [4.78, 5) is 0. The van der Waals surface area contributed by atoms with Crippen LogP contribution in [-0.2, 0) is 0 Å². The van der Waals surface area contributed by atoms with Crippen LogP contribution in [-0.4, -0.2) is 0 Å². The van der Waals surface area contributed by atoms with Crippen molar-refractivity contribution in [1.29, 1.82) is 0 Å². The summed E-state index contributed by atoms with van der Waals surface area (Å²) < 4.78 is 0. The highest BCUT2D eigenvalue weighted by molar-refractivity contribution is 6.31. The molecule has 0 radical (unpaired) electrons. The fourth-order valence-electron chi connectivity index (χ4n) is 3.10. The maximum Gasteiger partial charge on any atom is 0.0412 e. The van der Waals surface area contributed by atoms with Gasteiger partial charge in [0, 0.05) is 5.02 Å². The third-order valence-electron chi connectivity index (χ3n) is 4.01. The van der Waals surface area contributed by atoms with Crippen LogP contribution in [0.2, 0.25) is 5.02 Å². The van der Waals surface area contributed by atoms with Crippen LogP contribution in [0.25, 0.3) is 33.5 Å². The molecule has 1 aliphatic rings. The van der Waals surface area contributed by atoms with Crippen LogP contribution >= 0.6 is 11.6 Å². The molecule has 0 atom stereocenters. The fourth-order valence-corrected chi connectivity index (χ4v) is 3.28. The predicted molar refractivity (Wildman–Crippen MR) is 87.9 cm³/mol. The van der Waals surface area contributed by atoms with E-state index in [-0.39, 0.29) is 0 Å². The maximum absolute atomic E-state index is 6.18. The molecule has 1 aliphatic carbocycles. The average molecular weight is 277 g/mol. The lowest BCUT2D eigenvalue weighted by Crippen LogP contribution is -1.86. The first-order valence-corrected chi connectivity index (χ1v) is 7.12. The summed E-state index contributed by atoms with van der Waals surface area (Å²) in [6.07, 6.45) is 2.26. The van der Waals surface area contributed by atoms with Crippen molar-refractivity contribution in [3.8, 4) is 11.1 Å². The lowest BCUT2D eigenvalue weighted by Gasteiger charge is -2.11. The quantitative estimate of drug-likeness (QED) is 0.470. The van der Waals surface area contributed by atoms with E-state index in [1.165, 1.54) is 38.6 Å². The molecule has 1 heteroatoms. The van der Waals surface area contributed by atoms with Gasteiger partial charge in [-0.05, 0) is 57.7 Å². The van der Waals surface area contributed by atoms with Crippen LogP contribution in [0.4, 0.5) is 0 Å². The van der Waals surface area contributed by atoms with Gasteiger partial charge in [0.2, 0.25) is 0 Å². The van der Waals surface area contributed by atoms with E-state index in [4.69, 9.17) is 11.6 Å². The highest BCUT2D eigenvalue weighted by atomic mass is 35.5. The zero-order chi connectivity index (χ0) is 13.7. The van der Waals surface area contributed by atoms with E-state index in [2.05, 4.69) is 61.5 Å². The highest BCUT2D eigenvalue weighted by Gasteiger charge is 2.15. The Bertz CT molecular complexity index is 867. The summed E-state index contributed by atoms with van der Waals surface area (Å²) in [6.45, 7) is 2.15. The summed E-state index contributed by atoms with van der Waals surface area (Å²) in [5.41, 5.74) is 6.31. The Balaban J connectivity index is 2.23. The lowest BCUT2D eigenvalue weighted by atomic mass is 9.94. The van der Waals surface area contributed by atoms with Crippen molar-refractivity contribution in [3.05, 3.63) is 70.7 Å². The van der Waals surface area contributed by atoms with Crippen molar-refractivity contribution in [1.82, 2.24) is 0 Å². The number of allylic oxidation sites excluding steroid dienone is 1. The van der Waals surface area contributed by atoms with E-state index < -0.39 is 0 Å². The van der Waals surface area contributed by atoms with Crippen molar-refractivity contribution in [3.63, 3.8) is 0 Å². The minimum absolute atomic E-state index is 0.787. The molecule has 0 bridgehead atoms. The smallest absolute Gasteiger partial charge is 0.0412 e. The molecule has 0 heterocycles. The van der Waals surface area contributed by atoms with Gasteiger partial charge in [0.1, 0.15) is 0 Å². The van der Waals surface area contributed by atoms with Gasteiger partial charge in [-0.2, -0.15) is 0 Å². The second-order valence-corrected chi connectivity index (χ2v) is 5.70. The van der Waals surface area contributed by atoms with Crippen LogP contribution in [0.15, 0.2) is 54.6 Å². The monoisotopic (exact) mass is 276 g/mol. The van der Waals surface area contributed by atoms with Gasteiger partial charge in [0.05, 0.1) is 0 Å². The number of fused-ring (bicyclic) bond motifs is 2. The standard InChI is InChI=1S/C19H13Cl/c1-12-10-14-6-2-4-13-5-3-7-17(19(13)14)16-9-8-15(20)11-18(12)16/h2-11H,1H3. The molecule has 20 heavy (non-hydrogen) atoms. The number of halogens is 1. The molecule has 0 nitrogen and oxygen atoms in total. The molecule has 0 aliphatic heterocycles. The van der Waals surface area contributed by atoms with Crippen LogP contribution < -0.4 is 0 Å². The minimum Gasteiger partial charge on any atom is -0.0843 e. The third kappa shape index (κ3) is 1.62. The van der Waals surface area contributed by atoms with Crippen molar-refractivity contribution in [2.24, 2.45) is 0 Å². The molecule has 0 fully saturated rings. The largest absolute Gasteiger partial charge is 0.0843 e. The topological polar surface area (TPSA) is 0 Å². The van der Waals surface area contributed by atoms with Gasteiger partial charge in [0.25, 0.3) is 0 Å². The predicted octanol–water partition coefficient (Wildman–Crippen LogP) is 6.03. The Morgan fingerprint density at radius 3 is 2.45 bits per heavy atom. The first-order valence-electron chi connectivity index (χ1n) is 6.74. The number of hydrogen-bond acceptors (Lipinski definition) is 0. The Morgan fingerprint density at radius 2 is 1.60 bits per heavy atom. The SMILES string of the molecule is CC1=Cc2cccc3cccc(c23)-c2ccc(Cl)cc21. The average Bonchev–Trinajstić information content (AvgIpc) is 2.57. The van der Waals surface area contributed by atoms with Crippen molar-refractivity contribution < 1.29 is 0 Å². The molecule has 0 N–H and O–H groups in total. The fraction of sp³-hybridized carbons (Fsp3) is 0.0526. The molecule has 96 valence electrons. The van der Waals surface area contributed by atoms with Gasteiger partial charge in [-0.3, -0.25) is 0 Å². The Hall–Kier alpha value is -2.05. The second-order valence-electron chi connectivity index (χ2n) is 5.27. The minimum atomic E-state index is 0.787. The zero-order valence-corrected chi connectivity index (χ0v) is 11.9. The zero-order valence-electron chi connectivity index (χ0n) is 11.2. The maximum atomic E-state index is 6.18. The van der Waals surface area contributed by atoms with Crippen molar-refractivity contribution in [2.45, 2.75) is 6.92 Å².